The van der Waals surface area contributed by atoms with Crippen LogP contribution in [0.5, 0.6) is 0 Å². The Morgan fingerprint density at radius 3 is 2.44 bits per heavy atom. The summed E-state index contributed by atoms with van der Waals surface area (Å²) in [6, 6.07) is 6.06. The van der Waals surface area contributed by atoms with Crippen LogP contribution in [0.3, 0.4) is 0 Å². The second kappa shape index (κ2) is 7.46. The monoisotopic (exact) mass is 346 g/mol. The lowest BCUT2D eigenvalue weighted by atomic mass is 10.0. The number of amides is 3. The van der Waals surface area contributed by atoms with Crippen molar-refractivity contribution in [1.82, 2.24) is 5.32 Å². The van der Waals surface area contributed by atoms with Crippen molar-refractivity contribution in [2.75, 3.05) is 11.5 Å². The molecular weight excluding hydrogens is 324 g/mol. The Kier molecular flexibility index (Phi) is 5.56. The molecule has 0 spiro atoms. The standard InChI is InChI=1S/C18H22N2O5/c1-4-18(2,3)19-14(21)11-25-17(24)12-6-5-7-13(10-12)20-15(22)8-9-16(20)23/h5-7,10H,4,8-9,11H2,1-3H3,(H,19,21). The van der Waals surface area contributed by atoms with Gasteiger partial charge in [-0.3, -0.25) is 19.3 Å². The zero-order chi connectivity index (χ0) is 18.6. The first-order valence-electron chi connectivity index (χ1n) is 8.17. The normalized spacial score (nSPS) is 14.6. The van der Waals surface area contributed by atoms with Gasteiger partial charge < -0.3 is 10.1 Å². The SMILES string of the molecule is CCC(C)(C)NC(=O)COC(=O)c1cccc(N2C(=O)CCC2=O)c1. The molecular formula is C18H22N2O5. The number of hydrogen-bond donors (Lipinski definition) is 1. The predicted molar refractivity (Wildman–Crippen MR) is 91.0 cm³/mol. The number of carbonyl (C=O) groups excluding carboxylic acids is 4. The minimum Gasteiger partial charge on any atom is -0.452 e. The maximum atomic E-state index is 12.1. The van der Waals surface area contributed by atoms with E-state index in [1.807, 2.05) is 20.8 Å². The Hall–Kier alpha value is -2.70. The van der Waals surface area contributed by atoms with Crippen molar-refractivity contribution in [2.24, 2.45) is 0 Å². The quantitative estimate of drug-likeness (QED) is 0.626. The molecule has 0 aromatic heterocycles. The number of imide groups is 1. The van der Waals surface area contributed by atoms with Gasteiger partial charge in [-0.2, -0.15) is 0 Å². The van der Waals surface area contributed by atoms with Crippen LogP contribution >= 0.6 is 0 Å². The second-order valence-electron chi connectivity index (χ2n) is 6.53. The van der Waals surface area contributed by atoms with Gasteiger partial charge in [0.25, 0.3) is 5.91 Å². The van der Waals surface area contributed by atoms with E-state index in [-0.39, 0.29) is 41.7 Å². The number of hydrogen-bond acceptors (Lipinski definition) is 5. The molecule has 3 amide bonds. The van der Waals surface area contributed by atoms with E-state index in [4.69, 9.17) is 4.74 Å². The van der Waals surface area contributed by atoms with E-state index in [0.717, 1.165) is 11.3 Å². The van der Waals surface area contributed by atoms with Gasteiger partial charge in [0, 0.05) is 18.4 Å². The molecule has 1 aliphatic heterocycles. The van der Waals surface area contributed by atoms with Gasteiger partial charge in [-0.25, -0.2) is 4.79 Å². The summed E-state index contributed by atoms with van der Waals surface area (Å²) in [6.45, 7) is 5.30. The molecule has 1 heterocycles. The lowest BCUT2D eigenvalue weighted by Crippen LogP contribution is -2.44. The third-order valence-corrected chi connectivity index (χ3v) is 4.09. The maximum Gasteiger partial charge on any atom is 0.338 e. The number of ether oxygens (including phenoxy) is 1. The number of nitrogens with one attached hydrogen (secondary N) is 1. The average molecular weight is 346 g/mol. The predicted octanol–water partition coefficient (Wildman–Crippen LogP) is 1.80. The van der Waals surface area contributed by atoms with Crippen LogP contribution in [0.1, 0.15) is 50.4 Å². The Bertz CT molecular complexity index is 695. The Balaban J connectivity index is 2.01. The largest absolute Gasteiger partial charge is 0.452 e. The van der Waals surface area contributed by atoms with E-state index in [9.17, 15) is 19.2 Å². The summed E-state index contributed by atoms with van der Waals surface area (Å²) in [5.74, 6) is -1.67. The van der Waals surface area contributed by atoms with Crippen LogP contribution in [0.25, 0.3) is 0 Å². The summed E-state index contributed by atoms with van der Waals surface area (Å²) >= 11 is 0. The third kappa shape index (κ3) is 4.65. The first kappa shape index (κ1) is 18.6. The van der Waals surface area contributed by atoms with Gasteiger partial charge in [0.15, 0.2) is 6.61 Å². The van der Waals surface area contributed by atoms with Gasteiger partial charge in [0.1, 0.15) is 0 Å². The molecule has 0 bridgehead atoms. The van der Waals surface area contributed by atoms with Gasteiger partial charge in [0.2, 0.25) is 11.8 Å². The first-order chi connectivity index (χ1) is 11.7. The molecule has 25 heavy (non-hydrogen) atoms. The summed E-state index contributed by atoms with van der Waals surface area (Å²) < 4.78 is 5.01. The maximum absolute atomic E-state index is 12.1. The molecule has 1 N–H and O–H groups in total. The molecule has 1 aromatic rings. The Morgan fingerprint density at radius 1 is 1.20 bits per heavy atom. The Labute approximate surface area is 146 Å². The zero-order valence-electron chi connectivity index (χ0n) is 14.6. The molecule has 134 valence electrons. The van der Waals surface area contributed by atoms with E-state index in [2.05, 4.69) is 5.32 Å². The van der Waals surface area contributed by atoms with Gasteiger partial charge in [-0.05, 0) is 38.5 Å². The second-order valence-corrected chi connectivity index (χ2v) is 6.53. The molecule has 0 atom stereocenters. The van der Waals surface area contributed by atoms with Gasteiger partial charge in [0.05, 0.1) is 11.3 Å². The summed E-state index contributed by atoms with van der Waals surface area (Å²) in [7, 11) is 0. The molecule has 0 radical (unpaired) electrons. The topological polar surface area (TPSA) is 92.8 Å². The number of rotatable bonds is 6. The van der Waals surface area contributed by atoms with Crippen LogP contribution in [0, 0.1) is 0 Å². The molecule has 0 saturated carbocycles. The lowest BCUT2D eigenvalue weighted by Gasteiger charge is -2.24. The molecule has 1 aromatic carbocycles. The zero-order valence-corrected chi connectivity index (χ0v) is 14.6. The summed E-state index contributed by atoms with van der Waals surface area (Å²) in [6.07, 6.45) is 1.08. The molecule has 7 nitrogen and oxygen atoms in total. The fraction of sp³-hybridized carbons (Fsp3) is 0.444. The molecule has 1 aliphatic rings. The number of benzene rings is 1. The van der Waals surface area contributed by atoms with Crippen molar-refractivity contribution in [2.45, 2.75) is 45.6 Å². The molecule has 1 fully saturated rings. The minimum absolute atomic E-state index is 0.168. The highest BCUT2D eigenvalue weighted by Gasteiger charge is 2.30. The number of nitrogens with zero attached hydrogens (tertiary/aromatic N) is 1. The smallest absolute Gasteiger partial charge is 0.338 e. The summed E-state index contributed by atoms with van der Waals surface area (Å²) in [5, 5.41) is 2.77. The highest BCUT2D eigenvalue weighted by molar-refractivity contribution is 6.20. The molecule has 1 saturated heterocycles. The molecule has 0 aliphatic carbocycles. The van der Waals surface area contributed by atoms with E-state index in [0.29, 0.717) is 5.69 Å². The van der Waals surface area contributed by atoms with Crippen LogP contribution in [0.15, 0.2) is 24.3 Å². The van der Waals surface area contributed by atoms with Crippen LogP contribution in [0.2, 0.25) is 0 Å². The van der Waals surface area contributed by atoms with Gasteiger partial charge in [-0.15, -0.1) is 0 Å². The molecule has 0 unspecified atom stereocenters. The van der Waals surface area contributed by atoms with Crippen molar-refractivity contribution in [3.8, 4) is 0 Å². The molecule has 7 heteroatoms. The molecule has 2 rings (SSSR count). The van der Waals surface area contributed by atoms with Crippen LogP contribution in [0.4, 0.5) is 5.69 Å². The van der Waals surface area contributed by atoms with Crippen molar-refractivity contribution < 1.29 is 23.9 Å². The van der Waals surface area contributed by atoms with Crippen LogP contribution < -0.4 is 10.2 Å². The highest BCUT2D eigenvalue weighted by Crippen LogP contribution is 2.23. The highest BCUT2D eigenvalue weighted by atomic mass is 16.5. The number of esters is 1. The van der Waals surface area contributed by atoms with Gasteiger partial charge in [-0.1, -0.05) is 13.0 Å². The number of carbonyl (C=O) groups is 4. The van der Waals surface area contributed by atoms with Crippen molar-refractivity contribution >= 4 is 29.4 Å². The van der Waals surface area contributed by atoms with E-state index < -0.39 is 12.6 Å². The third-order valence-electron chi connectivity index (χ3n) is 4.09. The van der Waals surface area contributed by atoms with E-state index >= 15 is 0 Å². The van der Waals surface area contributed by atoms with Crippen molar-refractivity contribution in [1.29, 1.82) is 0 Å². The summed E-state index contributed by atoms with van der Waals surface area (Å²) in [5.41, 5.74) is 0.131. The van der Waals surface area contributed by atoms with E-state index in [1.54, 1.807) is 12.1 Å². The van der Waals surface area contributed by atoms with E-state index in [1.165, 1.54) is 12.1 Å². The van der Waals surface area contributed by atoms with Gasteiger partial charge >= 0.3 is 5.97 Å². The van der Waals surface area contributed by atoms with Crippen molar-refractivity contribution in [3.05, 3.63) is 29.8 Å². The lowest BCUT2D eigenvalue weighted by molar-refractivity contribution is -0.126. The minimum atomic E-state index is -0.689. The van der Waals surface area contributed by atoms with Crippen molar-refractivity contribution in [3.63, 3.8) is 0 Å². The van der Waals surface area contributed by atoms with Crippen LogP contribution in [-0.4, -0.2) is 35.8 Å². The van der Waals surface area contributed by atoms with Crippen LogP contribution in [-0.2, 0) is 19.1 Å². The first-order valence-corrected chi connectivity index (χ1v) is 8.17. The fourth-order valence-electron chi connectivity index (χ4n) is 2.35. The average Bonchev–Trinajstić information content (AvgIpc) is 2.91. The Morgan fingerprint density at radius 2 is 1.84 bits per heavy atom. The summed E-state index contributed by atoms with van der Waals surface area (Å²) in [4.78, 5) is 48.6. The fourth-order valence-corrected chi connectivity index (χ4v) is 2.35. The number of anilines is 1.